The van der Waals surface area contributed by atoms with Crippen molar-refractivity contribution in [2.24, 2.45) is 0 Å². The second-order valence-electron chi connectivity index (χ2n) is 11.2. The van der Waals surface area contributed by atoms with Gasteiger partial charge in [-0.15, -0.1) is 0 Å². The van der Waals surface area contributed by atoms with Gasteiger partial charge in [-0.05, 0) is 91.3 Å². The van der Waals surface area contributed by atoms with Crippen LogP contribution in [0, 0.1) is 5.82 Å². The topological polar surface area (TPSA) is 79.3 Å². The lowest BCUT2D eigenvalue weighted by molar-refractivity contribution is -0.140. The summed E-state index contributed by atoms with van der Waals surface area (Å²) >= 11 is 0. The van der Waals surface area contributed by atoms with Gasteiger partial charge in [-0.3, -0.25) is 9.59 Å². The van der Waals surface area contributed by atoms with Gasteiger partial charge in [0.25, 0.3) is 11.7 Å². The lowest BCUT2D eigenvalue weighted by Crippen LogP contribution is -2.33. The van der Waals surface area contributed by atoms with Crippen molar-refractivity contribution in [2.75, 3.05) is 26.2 Å². The van der Waals surface area contributed by atoms with Crippen LogP contribution in [0.5, 0.6) is 11.5 Å². The minimum Gasteiger partial charge on any atom is -0.507 e. The molecule has 7 nitrogen and oxygen atoms in total. The number of aliphatic hydroxyl groups is 1. The average Bonchev–Trinajstić information content (AvgIpc) is 3.34. The molecule has 1 atom stereocenters. The summed E-state index contributed by atoms with van der Waals surface area (Å²) in [7, 11) is 0. The second-order valence-corrected chi connectivity index (χ2v) is 11.2. The number of halogens is 1. The fourth-order valence-corrected chi connectivity index (χ4v) is 5.56. The van der Waals surface area contributed by atoms with Gasteiger partial charge in [-0.2, -0.15) is 0 Å². The number of amides is 1. The largest absolute Gasteiger partial charge is 0.507 e. The zero-order valence-electron chi connectivity index (χ0n) is 26.2. The number of Topliss-reactive ketones (excluding diaryl/α,β-unsaturated/α-hetero) is 1. The summed E-state index contributed by atoms with van der Waals surface area (Å²) in [6, 6.07) is 29.2. The average molecular weight is 623 g/mol. The fraction of sp³-hybridized carbons (Fsp3) is 0.263. The highest BCUT2D eigenvalue weighted by molar-refractivity contribution is 6.46. The normalized spacial score (nSPS) is 15.8. The third-order valence-electron chi connectivity index (χ3n) is 8.20. The Morgan fingerprint density at radius 1 is 0.783 bits per heavy atom. The molecule has 0 radical (unpaired) electrons. The molecule has 1 aliphatic heterocycles. The molecule has 4 aromatic rings. The predicted molar refractivity (Wildman–Crippen MR) is 176 cm³/mol. The van der Waals surface area contributed by atoms with Crippen LogP contribution in [0.25, 0.3) is 5.76 Å². The SMILES string of the molecule is CCN(CC)CCCN1C(=O)C(=O)/C(=C(\O)c2ccc(OCc3ccc(F)cc3)cc2)C1c1ccc(OCc2ccccc2)cc1. The van der Waals surface area contributed by atoms with E-state index in [4.69, 9.17) is 9.47 Å². The van der Waals surface area contributed by atoms with Crippen LogP contribution in [-0.2, 0) is 22.8 Å². The molecule has 1 saturated heterocycles. The highest BCUT2D eigenvalue weighted by atomic mass is 19.1. The first kappa shape index (κ1) is 32.4. The molecule has 0 aromatic heterocycles. The van der Waals surface area contributed by atoms with Gasteiger partial charge in [-0.25, -0.2) is 4.39 Å². The third-order valence-corrected chi connectivity index (χ3v) is 8.20. The maximum absolute atomic E-state index is 13.5. The number of likely N-dealkylation sites (tertiary alicyclic amines) is 1. The fourth-order valence-electron chi connectivity index (χ4n) is 5.56. The second kappa shape index (κ2) is 15.4. The molecule has 8 heteroatoms. The molecule has 1 heterocycles. The first-order valence-corrected chi connectivity index (χ1v) is 15.6. The number of rotatable bonds is 14. The van der Waals surface area contributed by atoms with Gasteiger partial charge in [0.05, 0.1) is 11.6 Å². The van der Waals surface area contributed by atoms with Crippen molar-refractivity contribution in [3.8, 4) is 11.5 Å². The number of carbonyl (C=O) groups is 2. The van der Waals surface area contributed by atoms with Crippen LogP contribution >= 0.6 is 0 Å². The summed E-state index contributed by atoms with van der Waals surface area (Å²) in [5.74, 6) is -0.711. The molecular weight excluding hydrogens is 583 g/mol. The molecule has 46 heavy (non-hydrogen) atoms. The number of ketones is 1. The smallest absolute Gasteiger partial charge is 0.295 e. The number of hydrogen-bond donors (Lipinski definition) is 1. The molecule has 238 valence electrons. The Morgan fingerprint density at radius 2 is 1.35 bits per heavy atom. The minimum atomic E-state index is -0.755. The quantitative estimate of drug-likeness (QED) is 0.0916. The van der Waals surface area contributed by atoms with Gasteiger partial charge in [0.15, 0.2) is 0 Å². The Bertz CT molecular complexity index is 1630. The first-order chi connectivity index (χ1) is 22.4. The monoisotopic (exact) mass is 622 g/mol. The van der Waals surface area contributed by atoms with Crippen molar-refractivity contribution < 1.29 is 28.6 Å². The van der Waals surface area contributed by atoms with Crippen LogP contribution in [0.15, 0.2) is 109 Å². The van der Waals surface area contributed by atoms with E-state index in [-0.39, 0.29) is 23.8 Å². The maximum atomic E-state index is 13.5. The van der Waals surface area contributed by atoms with Crippen LogP contribution in [0.1, 0.15) is 48.6 Å². The molecule has 0 spiro atoms. The van der Waals surface area contributed by atoms with Crippen LogP contribution in [0.4, 0.5) is 4.39 Å². The van der Waals surface area contributed by atoms with E-state index in [1.54, 1.807) is 41.3 Å². The number of aliphatic hydroxyl groups excluding tert-OH is 1. The molecule has 1 amide bonds. The molecule has 5 rings (SSSR count). The minimum absolute atomic E-state index is 0.0470. The molecule has 4 aromatic carbocycles. The van der Waals surface area contributed by atoms with Crippen LogP contribution < -0.4 is 9.47 Å². The predicted octanol–water partition coefficient (Wildman–Crippen LogP) is 7.14. The Morgan fingerprint density at radius 3 is 1.93 bits per heavy atom. The number of ether oxygens (including phenoxy) is 2. The van der Waals surface area contributed by atoms with E-state index in [1.165, 1.54) is 12.1 Å². The van der Waals surface area contributed by atoms with Crippen molar-refractivity contribution in [1.82, 2.24) is 9.80 Å². The van der Waals surface area contributed by atoms with Gasteiger partial charge in [0.2, 0.25) is 0 Å². The lowest BCUT2D eigenvalue weighted by Gasteiger charge is -2.27. The lowest BCUT2D eigenvalue weighted by atomic mass is 9.95. The van der Waals surface area contributed by atoms with E-state index in [0.717, 1.165) is 30.8 Å². The highest BCUT2D eigenvalue weighted by Crippen LogP contribution is 2.40. The van der Waals surface area contributed by atoms with E-state index >= 15 is 0 Å². The van der Waals surface area contributed by atoms with Crippen molar-refractivity contribution in [3.63, 3.8) is 0 Å². The zero-order valence-corrected chi connectivity index (χ0v) is 26.2. The summed E-state index contributed by atoms with van der Waals surface area (Å²) in [6.07, 6.45) is 0.684. The molecule has 0 bridgehead atoms. The van der Waals surface area contributed by atoms with Crippen molar-refractivity contribution in [3.05, 3.63) is 137 Å². The highest BCUT2D eigenvalue weighted by Gasteiger charge is 2.45. The first-order valence-electron chi connectivity index (χ1n) is 15.6. The number of benzene rings is 4. The van der Waals surface area contributed by atoms with Crippen molar-refractivity contribution >= 4 is 17.4 Å². The van der Waals surface area contributed by atoms with E-state index in [2.05, 4.69) is 18.7 Å². The van der Waals surface area contributed by atoms with Crippen LogP contribution in [0.2, 0.25) is 0 Å². The molecule has 1 N–H and O–H groups in total. The summed E-state index contributed by atoms with van der Waals surface area (Å²) in [5, 5.41) is 11.5. The molecule has 1 aliphatic rings. The summed E-state index contributed by atoms with van der Waals surface area (Å²) < 4.78 is 25.0. The van der Waals surface area contributed by atoms with Gasteiger partial charge < -0.3 is 24.4 Å². The van der Waals surface area contributed by atoms with Gasteiger partial charge in [-0.1, -0.05) is 68.4 Å². The Kier molecular flexibility index (Phi) is 10.8. The Hall–Kier alpha value is -4.95. The summed E-state index contributed by atoms with van der Waals surface area (Å²) in [6.45, 7) is 7.79. The summed E-state index contributed by atoms with van der Waals surface area (Å²) in [4.78, 5) is 30.8. The molecule has 1 unspecified atom stereocenters. The molecule has 0 saturated carbocycles. The van der Waals surface area contributed by atoms with E-state index < -0.39 is 17.7 Å². The maximum Gasteiger partial charge on any atom is 0.295 e. The molecule has 1 fully saturated rings. The van der Waals surface area contributed by atoms with E-state index in [0.29, 0.717) is 42.2 Å². The van der Waals surface area contributed by atoms with E-state index in [1.807, 2.05) is 54.6 Å². The number of carbonyl (C=O) groups excluding carboxylic acids is 2. The molecular formula is C38H39FN2O5. The van der Waals surface area contributed by atoms with Crippen molar-refractivity contribution in [2.45, 2.75) is 39.5 Å². The van der Waals surface area contributed by atoms with E-state index in [9.17, 15) is 19.1 Å². The Balaban J connectivity index is 1.39. The number of nitrogens with zero attached hydrogens (tertiary/aromatic N) is 2. The van der Waals surface area contributed by atoms with Gasteiger partial charge in [0.1, 0.15) is 36.3 Å². The zero-order chi connectivity index (χ0) is 32.5. The van der Waals surface area contributed by atoms with Crippen LogP contribution in [-0.4, -0.2) is 52.8 Å². The van der Waals surface area contributed by atoms with Crippen molar-refractivity contribution in [1.29, 1.82) is 0 Å². The third kappa shape index (κ3) is 7.82. The molecule has 0 aliphatic carbocycles. The summed E-state index contributed by atoms with van der Waals surface area (Å²) in [5.41, 5.74) is 3.00. The van der Waals surface area contributed by atoms with Crippen LogP contribution in [0.3, 0.4) is 0 Å². The van der Waals surface area contributed by atoms with Gasteiger partial charge in [0, 0.05) is 12.1 Å². The standard InChI is InChI=1S/C38H39FN2O5/c1-3-40(4-2)23-8-24-41-35(29-13-19-32(20-14-29)45-25-27-9-6-5-7-10-27)34(37(43)38(41)44)36(42)30-15-21-33(22-16-30)46-26-28-11-17-31(39)18-12-28/h5-7,9-22,35,42H,3-4,8,23-26H2,1-2H3/b36-34-. The van der Waals surface area contributed by atoms with Gasteiger partial charge >= 0.3 is 0 Å². The number of hydrogen-bond acceptors (Lipinski definition) is 6. The Labute approximate surface area is 269 Å².